The predicted octanol–water partition coefficient (Wildman–Crippen LogP) is 2.36. The van der Waals surface area contributed by atoms with Gasteiger partial charge < -0.3 is 9.47 Å². The number of carbonyl (C=O) groups is 1. The van der Waals surface area contributed by atoms with Gasteiger partial charge in [-0.3, -0.25) is 0 Å². The van der Waals surface area contributed by atoms with Gasteiger partial charge in [-0.05, 0) is 0 Å². The summed E-state index contributed by atoms with van der Waals surface area (Å²) in [7, 11) is 0. The van der Waals surface area contributed by atoms with Gasteiger partial charge >= 0.3 is 24.3 Å². The van der Waals surface area contributed by atoms with Gasteiger partial charge in [0.25, 0.3) is 0 Å². The molecule has 1 heterocycles. The Morgan fingerprint density at radius 1 is 1.14 bits per heavy atom. The van der Waals surface area contributed by atoms with E-state index in [0.717, 1.165) is 0 Å². The molecule has 0 aromatic rings. The second kappa shape index (κ2) is 2.67. The zero-order valence-corrected chi connectivity index (χ0v) is 6.20. The van der Waals surface area contributed by atoms with Crippen LogP contribution in [0.5, 0.6) is 0 Å². The first kappa shape index (κ1) is 10.9. The van der Waals surface area contributed by atoms with Crippen LogP contribution in [0.25, 0.3) is 0 Å². The number of halogens is 6. The molecule has 0 spiro atoms. The quantitative estimate of drug-likeness (QED) is 0.506. The number of cyclic esters (lactones) is 2. The molecule has 1 fully saturated rings. The third kappa shape index (κ3) is 1.85. The van der Waals surface area contributed by atoms with Crippen LogP contribution in [0.4, 0.5) is 31.1 Å². The summed E-state index contributed by atoms with van der Waals surface area (Å²) in [6.07, 6.45) is -15.0. The Hall–Kier alpha value is -1.15. The number of carbonyl (C=O) groups excluding carboxylic acids is 1. The summed E-state index contributed by atoms with van der Waals surface area (Å²) in [5.41, 5.74) is 0. The molecule has 1 aliphatic rings. The minimum Gasteiger partial charge on any atom is -0.386 e. The second-order valence-corrected chi connectivity index (χ2v) is 2.49. The summed E-state index contributed by atoms with van der Waals surface area (Å²) in [6, 6.07) is 0. The molecule has 1 rings (SSSR count). The summed E-state index contributed by atoms with van der Waals surface area (Å²) in [4.78, 5) is 10.0. The molecule has 3 nitrogen and oxygen atoms in total. The van der Waals surface area contributed by atoms with Gasteiger partial charge in [-0.25, -0.2) is 4.79 Å². The summed E-state index contributed by atoms with van der Waals surface area (Å²) < 4.78 is 78.4. The normalized spacial score (nSPS) is 31.1. The van der Waals surface area contributed by atoms with Gasteiger partial charge in [0, 0.05) is 0 Å². The van der Waals surface area contributed by atoms with E-state index in [9.17, 15) is 31.1 Å². The Bertz CT molecular complexity index is 261. The van der Waals surface area contributed by atoms with Crippen LogP contribution in [0.3, 0.4) is 0 Å². The summed E-state index contributed by atoms with van der Waals surface area (Å²) >= 11 is 0. The highest BCUT2D eigenvalue weighted by Crippen LogP contribution is 2.47. The van der Waals surface area contributed by atoms with E-state index in [1.54, 1.807) is 0 Å². The van der Waals surface area contributed by atoms with Crippen molar-refractivity contribution in [3.05, 3.63) is 0 Å². The van der Waals surface area contributed by atoms with Crippen molar-refractivity contribution in [3.8, 4) is 0 Å². The zero-order chi connectivity index (χ0) is 11.2. The van der Waals surface area contributed by atoms with Crippen LogP contribution in [0.2, 0.25) is 0 Å². The van der Waals surface area contributed by atoms with Crippen LogP contribution < -0.4 is 0 Å². The van der Waals surface area contributed by atoms with E-state index in [-0.39, 0.29) is 0 Å². The van der Waals surface area contributed by atoms with Crippen molar-refractivity contribution in [2.45, 2.75) is 24.6 Å². The van der Waals surface area contributed by atoms with E-state index >= 15 is 0 Å². The molecule has 9 heteroatoms. The lowest BCUT2D eigenvalue weighted by Crippen LogP contribution is -2.44. The highest BCUT2D eigenvalue weighted by atomic mass is 19.4. The zero-order valence-electron chi connectivity index (χ0n) is 6.20. The van der Waals surface area contributed by atoms with Crippen molar-refractivity contribution in [2.75, 3.05) is 0 Å². The van der Waals surface area contributed by atoms with Crippen LogP contribution in [0, 0.1) is 0 Å². The third-order valence-electron chi connectivity index (χ3n) is 1.32. The topological polar surface area (TPSA) is 35.5 Å². The van der Waals surface area contributed by atoms with Gasteiger partial charge in [0.15, 0.2) is 0 Å². The molecule has 1 aliphatic heterocycles. The maximum atomic E-state index is 12.8. The molecule has 0 amide bonds. The van der Waals surface area contributed by atoms with Gasteiger partial charge in [-0.2, -0.15) is 26.3 Å². The summed E-state index contributed by atoms with van der Waals surface area (Å²) in [5, 5.41) is 0. The average Bonchev–Trinajstić information content (AvgIpc) is 1.94. The van der Waals surface area contributed by atoms with Gasteiger partial charge in [-0.15, -0.1) is 0 Å². The Morgan fingerprint density at radius 3 is 1.93 bits per heavy atom. The Labute approximate surface area is 72.6 Å². The van der Waals surface area contributed by atoms with Crippen molar-refractivity contribution >= 4 is 6.16 Å². The maximum Gasteiger partial charge on any atom is 0.516 e. The molecule has 1 atom stereocenters. The third-order valence-corrected chi connectivity index (χ3v) is 1.32. The number of hydrogen-bond acceptors (Lipinski definition) is 3. The molecule has 0 N–H and O–H groups in total. The molecule has 0 radical (unpaired) electrons. The lowest BCUT2D eigenvalue weighted by molar-refractivity contribution is -0.317. The SMILES string of the molecule is O=C1OC(F)(F)C(F)(CC(F)(F)F)O1. The monoisotopic (exact) mass is 224 g/mol. The first-order valence-corrected chi connectivity index (χ1v) is 3.11. The highest BCUT2D eigenvalue weighted by Gasteiger charge is 2.71. The minimum atomic E-state index is -5.24. The van der Waals surface area contributed by atoms with Gasteiger partial charge in [-0.1, -0.05) is 0 Å². The Balaban J connectivity index is 2.88. The van der Waals surface area contributed by atoms with Gasteiger partial charge in [0.2, 0.25) is 0 Å². The lowest BCUT2D eigenvalue weighted by Gasteiger charge is -2.21. The van der Waals surface area contributed by atoms with Crippen molar-refractivity contribution in [1.82, 2.24) is 0 Å². The molecular formula is C5H2F6O3. The lowest BCUT2D eigenvalue weighted by atomic mass is 10.2. The molecule has 0 aliphatic carbocycles. The summed E-state index contributed by atoms with van der Waals surface area (Å²) in [6.45, 7) is 0. The predicted molar refractivity (Wildman–Crippen MR) is 27.0 cm³/mol. The first-order chi connectivity index (χ1) is 6.06. The Kier molecular flexibility index (Phi) is 2.09. The van der Waals surface area contributed by atoms with E-state index in [2.05, 4.69) is 9.47 Å². The smallest absolute Gasteiger partial charge is 0.386 e. The van der Waals surface area contributed by atoms with Crippen LogP contribution in [-0.2, 0) is 9.47 Å². The van der Waals surface area contributed by atoms with Gasteiger partial charge in [0.05, 0.1) is 0 Å². The number of ether oxygens (including phenoxy) is 2. The minimum absolute atomic E-state index is 2.18. The fraction of sp³-hybridized carbons (Fsp3) is 0.800. The van der Waals surface area contributed by atoms with Crippen LogP contribution in [-0.4, -0.2) is 24.3 Å². The standard InChI is InChI=1S/C5H2F6O3/c6-3(1-4(7,8)9)5(10,11)14-2(12)13-3/h1H2. The van der Waals surface area contributed by atoms with Crippen molar-refractivity contribution < 1.29 is 40.6 Å². The number of rotatable bonds is 1. The summed E-state index contributed by atoms with van der Waals surface area (Å²) in [5.74, 6) is -4.48. The molecular weight excluding hydrogens is 222 g/mol. The Morgan fingerprint density at radius 2 is 1.64 bits per heavy atom. The van der Waals surface area contributed by atoms with Crippen molar-refractivity contribution in [1.29, 1.82) is 0 Å². The van der Waals surface area contributed by atoms with Crippen molar-refractivity contribution in [2.24, 2.45) is 0 Å². The second-order valence-electron chi connectivity index (χ2n) is 2.49. The van der Waals surface area contributed by atoms with E-state index in [4.69, 9.17) is 0 Å². The van der Waals surface area contributed by atoms with Crippen LogP contribution in [0.1, 0.15) is 6.42 Å². The van der Waals surface area contributed by atoms with Crippen LogP contribution >= 0.6 is 0 Å². The molecule has 1 saturated heterocycles. The number of hydrogen-bond donors (Lipinski definition) is 0. The van der Waals surface area contributed by atoms with Crippen LogP contribution in [0.15, 0.2) is 0 Å². The number of alkyl halides is 6. The van der Waals surface area contributed by atoms with Gasteiger partial charge in [0.1, 0.15) is 6.42 Å². The van der Waals surface area contributed by atoms with E-state index in [1.165, 1.54) is 0 Å². The highest BCUT2D eigenvalue weighted by molar-refractivity contribution is 5.63. The molecule has 0 aromatic carbocycles. The molecule has 14 heavy (non-hydrogen) atoms. The first-order valence-electron chi connectivity index (χ1n) is 3.11. The molecule has 0 saturated carbocycles. The van der Waals surface area contributed by atoms with E-state index in [0.29, 0.717) is 0 Å². The maximum absolute atomic E-state index is 12.8. The largest absolute Gasteiger partial charge is 0.516 e. The fourth-order valence-corrected chi connectivity index (χ4v) is 0.790. The molecule has 1 unspecified atom stereocenters. The van der Waals surface area contributed by atoms with E-state index in [1.807, 2.05) is 0 Å². The molecule has 0 bridgehead atoms. The average molecular weight is 224 g/mol. The molecule has 82 valence electrons. The molecule has 0 aromatic heterocycles. The van der Waals surface area contributed by atoms with Crippen molar-refractivity contribution in [3.63, 3.8) is 0 Å². The van der Waals surface area contributed by atoms with E-state index < -0.39 is 30.7 Å². The fourth-order valence-electron chi connectivity index (χ4n) is 0.790.